The molecule has 1 heterocycles. The Bertz CT molecular complexity index is 488. The first-order chi connectivity index (χ1) is 7.83. The molecule has 0 amide bonds. The highest BCUT2D eigenvalue weighted by Crippen LogP contribution is 2.24. The highest BCUT2D eigenvalue weighted by atomic mass is 32.2. The van der Waals surface area contributed by atoms with E-state index >= 15 is 0 Å². The van der Waals surface area contributed by atoms with Gasteiger partial charge in [0.1, 0.15) is 17.7 Å². The lowest BCUT2D eigenvalue weighted by Crippen LogP contribution is -1.75. The Morgan fingerprint density at radius 1 is 1.19 bits per heavy atom. The maximum Gasteiger partial charge on any atom is 0.149 e. The fourth-order valence-corrected chi connectivity index (χ4v) is 1.80. The molecule has 0 radical (unpaired) electrons. The van der Waals surface area contributed by atoms with E-state index in [0.29, 0.717) is 5.76 Å². The Balaban J connectivity index is 2.27. The number of hydrogen-bond acceptors (Lipinski definition) is 4. The van der Waals surface area contributed by atoms with E-state index in [-0.39, 0.29) is 0 Å². The first-order valence-electron chi connectivity index (χ1n) is 4.75. The van der Waals surface area contributed by atoms with Crippen LogP contribution in [0.1, 0.15) is 5.76 Å². The minimum absolute atomic E-state index is 0.534. The number of nitrogens with zero attached hydrogens (tertiary/aromatic N) is 1. The van der Waals surface area contributed by atoms with Gasteiger partial charge in [0, 0.05) is 10.5 Å². The summed E-state index contributed by atoms with van der Waals surface area (Å²) >= 11 is 1.70. The summed E-state index contributed by atoms with van der Waals surface area (Å²) in [5.41, 5.74) is 1.01. The zero-order chi connectivity index (χ0) is 11.4. The average Bonchev–Trinajstić information content (AvgIpc) is 2.78. The summed E-state index contributed by atoms with van der Waals surface area (Å²) in [6.07, 6.45) is 3.30. The van der Waals surface area contributed by atoms with Crippen LogP contribution in [-0.2, 0) is 0 Å². The van der Waals surface area contributed by atoms with Crippen molar-refractivity contribution in [3.05, 3.63) is 42.2 Å². The summed E-state index contributed by atoms with van der Waals surface area (Å²) in [4.78, 5) is 1.22. The SMILES string of the molecule is CSc1ccc(-c2ccc(C=NO)o2)cc1. The summed E-state index contributed by atoms with van der Waals surface area (Å²) < 4.78 is 5.47. The van der Waals surface area contributed by atoms with Crippen LogP contribution < -0.4 is 0 Å². The second-order valence-electron chi connectivity index (χ2n) is 3.18. The number of rotatable bonds is 3. The fraction of sp³-hybridized carbons (Fsp3) is 0.0833. The van der Waals surface area contributed by atoms with Crippen LogP contribution in [0.5, 0.6) is 0 Å². The predicted octanol–water partition coefficient (Wildman–Crippen LogP) is 3.48. The number of hydrogen-bond donors (Lipinski definition) is 1. The summed E-state index contributed by atoms with van der Waals surface area (Å²) in [7, 11) is 0. The number of oxime groups is 1. The molecule has 2 rings (SSSR count). The molecule has 0 aliphatic rings. The Morgan fingerprint density at radius 3 is 2.56 bits per heavy atom. The van der Waals surface area contributed by atoms with E-state index in [2.05, 4.69) is 5.16 Å². The molecule has 0 saturated heterocycles. The molecule has 0 aliphatic carbocycles. The largest absolute Gasteiger partial charge is 0.455 e. The van der Waals surface area contributed by atoms with Gasteiger partial charge in [-0.3, -0.25) is 0 Å². The predicted molar refractivity (Wildman–Crippen MR) is 65.3 cm³/mol. The van der Waals surface area contributed by atoms with Crippen molar-refractivity contribution in [1.29, 1.82) is 0 Å². The molecule has 3 nitrogen and oxygen atoms in total. The third-order valence-electron chi connectivity index (χ3n) is 2.19. The van der Waals surface area contributed by atoms with Crippen molar-refractivity contribution in [3.63, 3.8) is 0 Å². The van der Waals surface area contributed by atoms with Gasteiger partial charge in [-0.15, -0.1) is 11.8 Å². The molecule has 0 saturated carbocycles. The summed E-state index contributed by atoms with van der Waals surface area (Å²) in [6, 6.07) is 11.7. The van der Waals surface area contributed by atoms with Gasteiger partial charge in [0.05, 0.1) is 0 Å². The monoisotopic (exact) mass is 233 g/mol. The highest BCUT2D eigenvalue weighted by molar-refractivity contribution is 7.98. The van der Waals surface area contributed by atoms with Gasteiger partial charge in [-0.05, 0) is 30.5 Å². The Kier molecular flexibility index (Phi) is 3.31. The molecule has 0 spiro atoms. The molecule has 0 unspecified atom stereocenters. The van der Waals surface area contributed by atoms with Gasteiger partial charge in [0.15, 0.2) is 0 Å². The second kappa shape index (κ2) is 4.90. The van der Waals surface area contributed by atoms with Crippen molar-refractivity contribution >= 4 is 18.0 Å². The van der Waals surface area contributed by atoms with E-state index in [0.717, 1.165) is 11.3 Å². The smallest absolute Gasteiger partial charge is 0.149 e. The molecule has 0 bridgehead atoms. The quantitative estimate of drug-likeness (QED) is 0.382. The van der Waals surface area contributed by atoms with Gasteiger partial charge >= 0.3 is 0 Å². The minimum atomic E-state index is 0.534. The van der Waals surface area contributed by atoms with Crippen LogP contribution in [0.3, 0.4) is 0 Å². The first kappa shape index (κ1) is 10.8. The van der Waals surface area contributed by atoms with Gasteiger partial charge in [0.25, 0.3) is 0 Å². The van der Waals surface area contributed by atoms with Gasteiger partial charge in [-0.25, -0.2) is 0 Å². The number of thioether (sulfide) groups is 1. The molecular formula is C12H11NO2S. The molecule has 0 aliphatic heterocycles. The van der Waals surface area contributed by atoms with Gasteiger partial charge in [-0.1, -0.05) is 17.3 Å². The van der Waals surface area contributed by atoms with Crippen molar-refractivity contribution in [2.75, 3.05) is 6.26 Å². The maximum absolute atomic E-state index is 8.37. The van der Waals surface area contributed by atoms with Crippen molar-refractivity contribution < 1.29 is 9.62 Å². The van der Waals surface area contributed by atoms with Crippen LogP contribution in [0.2, 0.25) is 0 Å². The summed E-state index contributed by atoms with van der Waals surface area (Å²) in [5, 5.41) is 11.3. The molecule has 1 aromatic heterocycles. The van der Waals surface area contributed by atoms with E-state index in [1.54, 1.807) is 17.8 Å². The molecule has 1 aromatic carbocycles. The molecule has 0 fully saturated rings. The van der Waals surface area contributed by atoms with Gasteiger partial charge < -0.3 is 9.62 Å². The Labute approximate surface area is 97.8 Å². The minimum Gasteiger partial charge on any atom is -0.455 e. The zero-order valence-electron chi connectivity index (χ0n) is 8.75. The van der Waals surface area contributed by atoms with E-state index in [4.69, 9.17) is 9.62 Å². The fourth-order valence-electron chi connectivity index (χ4n) is 1.39. The van der Waals surface area contributed by atoms with Gasteiger partial charge in [-0.2, -0.15) is 0 Å². The molecular weight excluding hydrogens is 222 g/mol. The molecule has 16 heavy (non-hydrogen) atoms. The normalized spacial score (nSPS) is 11.1. The summed E-state index contributed by atoms with van der Waals surface area (Å²) in [5.74, 6) is 1.30. The van der Waals surface area contributed by atoms with E-state index in [1.807, 2.05) is 36.6 Å². The van der Waals surface area contributed by atoms with Crippen LogP contribution >= 0.6 is 11.8 Å². The maximum atomic E-state index is 8.37. The average molecular weight is 233 g/mol. The van der Waals surface area contributed by atoms with Gasteiger partial charge in [0.2, 0.25) is 0 Å². The van der Waals surface area contributed by atoms with Crippen molar-refractivity contribution in [2.24, 2.45) is 5.16 Å². The molecule has 2 aromatic rings. The highest BCUT2D eigenvalue weighted by Gasteiger charge is 2.03. The molecule has 82 valence electrons. The molecule has 4 heteroatoms. The lowest BCUT2D eigenvalue weighted by atomic mass is 10.2. The molecule has 0 atom stereocenters. The summed E-state index contributed by atoms with van der Waals surface area (Å²) in [6.45, 7) is 0. The third kappa shape index (κ3) is 2.28. The van der Waals surface area contributed by atoms with Crippen LogP contribution in [0, 0.1) is 0 Å². The van der Waals surface area contributed by atoms with Crippen molar-refractivity contribution in [3.8, 4) is 11.3 Å². The topological polar surface area (TPSA) is 45.7 Å². The third-order valence-corrected chi connectivity index (χ3v) is 2.93. The van der Waals surface area contributed by atoms with Crippen LogP contribution in [0.15, 0.2) is 50.9 Å². The number of benzene rings is 1. The lowest BCUT2D eigenvalue weighted by Gasteiger charge is -1.98. The Hall–Kier alpha value is -1.68. The van der Waals surface area contributed by atoms with Crippen LogP contribution in [-0.4, -0.2) is 17.7 Å². The van der Waals surface area contributed by atoms with Crippen LogP contribution in [0.25, 0.3) is 11.3 Å². The standard InChI is InChI=1S/C12H11NO2S/c1-16-11-5-2-9(3-6-11)12-7-4-10(15-12)8-13-14/h2-8,14H,1H3. The van der Waals surface area contributed by atoms with E-state index in [9.17, 15) is 0 Å². The molecule has 1 N–H and O–H groups in total. The second-order valence-corrected chi connectivity index (χ2v) is 4.05. The zero-order valence-corrected chi connectivity index (χ0v) is 9.57. The Morgan fingerprint density at radius 2 is 1.94 bits per heavy atom. The van der Waals surface area contributed by atoms with Crippen LogP contribution in [0.4, 0.5) is 0 Å². The first-order valence-corrected chi connectivity index (χ1v) is 5.97. The number of furan rings is 1. The lowest BCUT2D eigenvalue weighted by molar-refractivity contribution is 0.321. The van der Waals surface area contributed by atoms with E-state index in [1.165, 1.54) is 11.1 Å². The van der Waals surface area contributed by atoms with Crippen molar-refractivity contribution in [2.45, 2.75) is 4.90 Å². The van der Waals surface area contributed by atoms with Crippen molar-refractivity contribution in [1.82, 2.24) is 0 Å². The van der Waals surface area contributed by atoms with E-state index < -0.39 is 0 Å².